The Morgan fingerprint density at radius 1 is 1.38 bits per heavy atom. The molecule has 5 nitrogen and oxygen atoms in total. The summed E-state index contributed by atoms with van der Waals surface area (Å²) >= 11 is 0. The lowest BCUT2D eigenvalue weighted by atomic mass is 10.2. The summed E-state index contributed by atoms with van der Waals surface area (Å²) in [5.74, 6) is 1.18. The molecule has 0 heterocycles. The quantitative estimate of drug-likeness (QED) is 0.804. The van der Waals surface area contributed by atoms with Crippen LogP contribution in [-0.2, 0) is 10.0 Å². The average Bonchev–Trinajstić information content (AvgIpc) is 3.22. The van der Waals surface area contributed by atoms with Gasteiger partial charge in [-0.25, -0.2) is 13.1 Å². The average molecular weight is 312 g/mol. The molecule has 6 heteroatoms. The lowest BCUT2D eigenvalue weighted by Gasteiger charge is -2.15. The Morgan fingerprint density at radius 2 is 2.05 bits per heavy atom. The zero-order valence-electron chi connectivity index (χ0n) is 12.8. The van der Waals surface area contributed by atoms with Crippen LogP contribution in [0.15, 0.2) is 23.1 Å². The summed E-state index contributed by atoms with van der Waals surface area (Å²) in [6, 6.07) is 4.80. The number of aryl methyl sites for hydroxylation is 1. The highest BCUT2D eigenvalue weighted by atomic mass is 32.2. The van der Waals surface area contributed by atoms with Gasteiger partial charge in [0.1, 0.15) is 5.75 Å². The normalized spacial score (nSPS) is 17.0. The van der Waals surface area contributed by atoms with Crippen molar-refractivity contribution in [3.63, 3.8) is 0 Å². The van der Waals surface area contributed by atoms with Crippen LogP contribution in [0.2, 0.25) is 0 Å². The van der Waals surface area contributed by atoms with Crippen molar-refractivity contribution in [2.24, 2.45) is 11.7 Å². The van der Waals surface area contributed by atoms with Gasteiger partial charge in [-0.05, 0) is 63.3 Å². The topological polar surface area (TPSA) is 81.4 Å². The van der Waals surface area contributed by atoms with Gasteiger partial charge in [-0.15, -0.1) is 0 Å². The van der Waals surface area contributed by atoms with Gasteiger partial charge in [0.05, 0.1) is 11.0 Å². The van der Waals surface area contributed by atoms with Crippen LogP contribution in [-0.4, -0.2) is 27.1 Å². The van der Waals surface area contributed by atoms with Gasteiger partial charge in [0.15, 0.2) is 0 Å². The van der Waals surface area contributed by atoms with E-state index < -0.39 is 10.0 Å². The van der Waals surface area contributed by atoms with Crippen molar-refractivity contribution in [1.29, 1.82) is 0 Å². The highest BCUT2D eigenvalue weighted by Crippen LogP contribution is 2.31. The molecule has 1 fully saturated rings. The maximum absolute atomic E-state index is 12.3. The zero-order chi connectivity index (χ0) is 15.6. The van der Waals surface area contributed by atoms with Gasteiger partial charge in [-0.2, -0.15) is 0 Å². The molecule has 1 aromatic rings. The third-order valence-electron chi connectivity index (χ3n) is 3.56. The molecule has 0 spiro atoms. The van der Waals surface area contributed by atoms with Gasteiger partial charge in [0.2, 0.25) is 10.0 Å². The van der Waals surface area contributed by atoms with Crippen LogP contribution in [0, 0.1) is 12.8 Å². The summed E-state index contributed by atoms with van der Waals surface area (Å²) < 4.78 is 32.7. The smallest absolute Gasteiger partial charge is 0.240 e. The number of nitrogens with two attached hydrogens (primary N) is 1. The Hall–Kier alpha value is -1.11. The fraction of sp³-hybridized carbons (Fsp3) is 0.600. The first-order chi connectivity index (χ1) is 9.79. The van der Waals surface area contributed by atoms with Crippen molar-refractivity contribution in [1.82, 2.24) is 4.72 Å². The molecule has 118 valence electrons. The number of ether oxygens (including phenoxy) is 1. The Bertz CT molecular complexity index is 595. The van der Waals surface area contributed by atoms with E-state index in [0.717, 1.165) is 18.4 Å². The minimum absolute atomic E-state index is 0.0563. The van der Waals surface area contributed by atoms with Gasteiger partial charge in [-0.3, -0.25) is 0 Å². The molecule has 0 aromatic heterocycles. The number of benzene rings is 1. The van der Waals surface area contributed by atoms with Crippen molar-refractivity contribution in [2.75, 3.05) is 6.54 Å². The maximum atomic E-state index is 12.3. The Morgan fingerprint density at radius 3 is 2.57 bits per heavy atom. The first-order valence-electron chi connectivity index (χ1n) is 7.32. The van der Waals surface area contributed by atoms with Crippen molar-refractivity contribution in [2.45, 2.75) is 50.7 Å². The van der Waals surface area contributed by atoms with E-state index in [-0.39, 0.29) is 23.6 Å². The lowest BCUT2D eigenvalue weighted by Crippen LogP contribution is -2.38. The fourth-order valence-corrected chi connectivity index (χ4v) is 3.31. The van der Waals surface area contributed by atoms with Crippen LogP contribution < -0.4 is 15.2 Å². The molecule has 0 bridgehead atoms. The number of rotatable bonds is 7. The molecule has 1 saturated carbocycles. The van der Waals surface area contributed by atoms with Gasteiger partial charge < -0.3 is 10.5 Å². The highest BCUT2D eigenvalue weighted by Gasteiger charge is 2.29. The molecule has 1 aromatic carbocycles. The Labute approximate surface area is 126 Å². The monoisotopic (exact) mass is 312 g/mol. The number of sulfonamides is 1. The van der Waals surface area contributed by atoms with Gasteiger partial charge in [-0.1, -0.05) is 0 Å². The summed E-state index contributed by atoms with van der Waals surface area (Å²) in [7, 11) is -3.51. The molecule has 21 heavy (non-hydrogen) atoms. The van der Waals surface area contributed by atoms with Gasteiger partial charge >= 0.3 is 0 Å². The minimum atomic E-state index is -3.51. The van der Waals surface area contributed by atoms with Crippen molar-refractivity contribution in [3.05, 3.63) is 23.8 Å². The third-order valence-corrected chi connectivity index (χ3v) is 4.98. The maximum Gasteiger partial charge on any atom is 0.240 e. The molecular formula is C15H24N2O3S. The van der Waals surface area contributed by atoms with E-state index in [1.54, 1.807) is 18.2 Å². The van der Waals surface area contributed by atoms with Crippen LogP contribution in [0.1, 0.15) is 32.3 Å². The molecule has 0 aliphatic heterocycles. The summed E-state index contributed by atoms with van der Waals surface area (Å²) in [6.45, 7) is 6.00. The highest BCUT2D eigenvalue weighted by molar-refractivity contribution is 7.89. The van der Waals surface area contributed by atoms with Crippen molar-refractivity contribution in [3.8, 4) is 5.75 Å². The standard InChI is InChI=1S/C15H24N2O3S/c1-10(2)20-15-7-6-13(8-11(15)3)21(18,19)17-9-14(16)12-4-5-12/h6-8,10,12,14,17H,4-5,9,16H2,1-3H3. The molecule has 0 saturated heterocycles. The first kappa shape index (κ1) is 16.3. The largest absolute Gasteiger partial charge is 0.491 e. The van der Waals surface area contributed by atoms with E-state index in [1.807, 2.05) is 20.8 Å². The predicted octanol–water partition coefficient (Wildman–Crippen LogP) is 1.80. The molecular weight excluding hydrogens is 288 g/mol. The van der Waals surface area contributed by atoms with Crippen LogP contribution in [0.4, 0.5) is 0 Å². The zero-order valence-corrected chi connectivity index (χ0v) is 13.6. The van der Waals surface area contributed by atoms with E-state index in [1.165, 1.54) is 0 Å². The second-order valence-electron chi connectivity index (χ2n) is 5.95. The number of hydrogen-bond donors (Lipinski definition) is 2. The van der Waals surface area contributed by atoms with E-state index >= 15 is 0 Å². The molecule has 1 aliphatic rings. The first-order valence-corrected chi connectivity index (χ1v) is 8.80. The summed E-state index contributed by atoms with van der Waals surface area (Å²) in [4.78, 5) is 0.249. The Balaban J connectivity index is 2.06. The van der Waals surface area contributed by atoms with E-state index in [0.29, 0.717) is 11.7 Å². The number of hydrogen-bond acceptors (Lipinski definition) is 4. The summed E-state index contributed by atoms with van der Waals surface area (Å²) in [5.41, 5.74) is 6.73. The van der Waals surface area contributed by atoms with Crippen LogP contribution in [0.25, 0.3) is 0 Å². The SMILES string of the molecule is Cc1cc(S(=O)(=O)NCC(N)C2CC2)ccc1OC(C)C. The Kier molecular flexibility index (Phi) is 4.91. The second-order valence-corrected chi connectivity index (χ2v) is 7.71. The summed E-state index contributed by atoms with van der Waals surface area (Å²) in [6.07, 6.45) is 2.26. The van der Waals surface area contributed by atoms with Gasteiger partial charge in [0.25, 0.3) is 0 Å². The van der Waals surface area contributed by atoms with Crippen molar-refractivity contribution >= 4 is 10.0 Å². The molecule has 1 unspecified atom stereocenters. The van der Waals surface area contributed by atoms with Crippen LogP contribution in [0.3, 0.4) is 0 Å². The predicted molar refractivity (Wildman–Crippen MR) is 82.8 cm³/mol. The molecule has 1 atom stereocenters. The minimum Gasteiger partial charge on any atom is -0.491 e. The van der Waals surface area contributed by atoms with E-state index in [4.69, 9.17) is 10.5 Å². The van der Waals surface area contributed by atoms with Gasteiger partial charge in [0, 0.05) is 12.6 Å². The molecule has 0 amide bonds. The summed E-state index contributed by atoms with van der Waals surface area (Å²) in [5, 5.41) is 0. The molecule has 2 rings (SSSR count). The molecule has 1 aliphatic carbocycles. The van der Waals surface area contributed by atoms with E-state index in [9.17, 15) is 8.42 Å². The number of nitrogens with one attached hydrogen (secondary N) is 1. The molecule has 3 N–H and O–H groups in total. The van der Waals surface area contributed by atoms with E-state index in [2.05, 4.69) is 4.72 Å². The second kappa shape index (κ2) is 6.34. The van der Waals surface area contributed by atoms with Crippen LogP contribution in [0.5, 0.6) is 5.75 Å². The lowest BCUT2D eigenvalue weighted by molar-refractivity contribution is 0.240. The van der Waals surface area contributed by atoms with Crippen molar-refractivity contribution < 1.29 is 13.2 Å². The van der Waals surface area contributed by atoms with Crippen LogP contribution >= 0.6 is 0 Å². The molecule has 0 radical (unpaired) electrons. The third kappa shape index (κ3) is 4.43. The fourth-order valence-electron chi connectivity index (χ4n) is 2.16.